The van der Waals surface area contributed by atoms with Gasteiger partial charge in [0, 0.05) is 10.6 Å². The minimum absolute atomic E-state index is 0.215. The molecule has 1 amide bonds. The van der Waals surface area contributed by atoms with Crippen LogP contribution in [-0.2, 0) is 28.9 Å². The van der Waals surface area contributed by atoms with E-state index in [1.807, 2.05) is 0 Å². The van der Waals surface area contributed by atoms with Gasteiger partial charge in [0.2, 0.25) is 5.91 Å². The van der Waals surface area contributed by atoms with Crippen LogP contribution in [0, 0.1) is 11.3 Å². The predicted molar refractivity (Wildman–Crippen MR) is 128 cm³/mol. The maximum atomic E-state index is 13.1. The molecule has 3 aromatic rings. The molecular formula is C24H28N4O4S. The molecule has 0 bridgehead atoms. The van der Waals surface area contributed by atoms with Gasteiger partial charge in [-0.15, -0.1) is 16.4 Å². The van der Waals surface area contributed by atoms with Gasteiger partial charge in [-0.1, -0.05) is 26.0 Å². The number of amides is 1. The molecule has 4 rings (SSSR count). The highest BCUT2D eigenvalue weighted by Gasteiger charge is 2.32. The van der Waals surface area contributed by atoms with Crippen molar-refractivity contribution in [3.05, 3.63) is 50.6 Å². The highest BCUT2D eigenvalue weighted by molar-refractivity contribution is 7.18. The molecule has 174 valence electrons. The minimum atomic E-state index is -0.418. The number of anilines is 1. The largest absolute Gasteiger partial charge is 0.462 e. The van der Waals surface area contributed by atoms with E-state index in [1.165, 1.54) is 4.88 Å². The van der Waals surface area contributed by atoms with Crippen molar-refractivity contribution in [2.75, 3.05) is 11.9 Å². The van der Waals surface area contributed by atoms with Crippen molar-refractivity contribution < 1.29 is 14.3 Å². The Morgan fingerprint density at radius 1 is 1.24 bits per heavy atom. The summed E-state index contributed by atoms with van der Waals surface area (Å²) < 4.78 is 6.07. The molecule has 0 aliphatic heterocycles. The van der Waals surface area contributed by atoms with E-state index in [0.29, 0.717) is 34.0 Å². The van der Waals surface area contributed by atoms with Gasteiger partial charge in [-0.3, -0.25) is 9.59 Å². The van der Waals surface area contributed by atoms with Gasteiger partial charge in [-0.05, 0) is 67.3 Å². The second kappa shape index (κ2) is 9.05. The molecule has 0 radical (unpaired) electrons. The van der Waals surface area contributed by atoms with Crippen molar-refractivity contribution in [3.63, 3.8) is 0 Å². The van der Waals surface area contributed by atoms with Crippen molar-refractivity contribution in [2.24, 2.45) is 11.3 Å². The van der Waals surface area contributed by atoms with Gasteiger partial charge in [0.1, 0.15) is 6.54 Å². The van der Waals surface area contributed by atoms with Crippen molar-refractivity contribution in [3.8, 4) is 0 Å². The number of hydrogen-bond donors (Lipinski definition) is 1. The van der Waals surface area contributed by atoms with Gasteiger partial charge in [0.25, 0.3) is 5.56 Å². The van der Waals surface area contributed by atoms with Crippen LogP contribution in [0.2, 0.25) is 0 Å². The lowest BCUT2D eigenvalue weighted by atomic mass is 9.72. The number of thiophene rings is 1. The third-order valence-electron chi connectivity index (χ3n) is 6.14. The fraction of sp³-hybridized carbons (Fsp3) is 0.458. The molecule has 0 saturated carbocycles. The summed E-state index contributed by atoms with van der Waals surface area (Å²) in [7, 11) is 0. The fourth-order valence-corrected chi connectivity index (χ4v) is 5.45. The minimum Gasteiger partial charge on any atom is -0.462 e. The zero-order valence-electron chi connectivity index (χ0n) is 19.3. The lowest BCUT2D eigenvalue weighted by Gasteiger charge is -2.33. The number of hydrogen-bond acceptors (Lipinski definition) is 7. The van der Waals surface area contributed by atoms with E-state index in [2.05, 4.69) is 36.4 Å². The topological polar surface area (TPSA) is 103 Å². The zero-order valence-corrected chi connectivity index (χ0v) is 20.1. The monoisotopic (exact) mass is 468 g/mol. The summed E-state index contributed by atoms with van der Waals surface area (Å²) in [5.74, 6) is -0.251. The van der Waals surface area contributed by atoms with Crippen LogP contribution in [0.25, 0.3) is 10.2 Å². The molecule has 9 heteroatoms. The lowest BCUT2D eigenvalue weighted by molar-refractivity contribution is -0.117. The Morgan fingerprint density at radius 2 is 1.97 bits per heavy atom. The molecular weight excluding hydrogens is 440 g/mol. The van der Waals surface area contributed by atoms with E-state index in [0.717, 1.165) is 29.5 Å². The first-order valence-corrected chi connectivity index (χ1v) is 11.9. The lowest BCUT2D eigenvalue weighted by Crippen LogP contribution is -2.31. The molecule has 33 heavy (non-hydrogen) atoms. The normalized spacial score (nSPS) is 15.8. The number of aryl methyl sites for hydroxylation is 1. The number of ether oxygens (including phenoxy) is 1. The van der Waals surface area contributed by atoms with Gasteiger partial charge in [-0.2, -0.15) is 0 Å². The Balaban J connectivity index is 1.50. The summed E-state index contributed by atoms with van der Waals surface area (Å²) in [6.07, 6.45) is 2.82. The number of esters is 1. The first kappa shape index (κ1) is 23.1. The van der Waals surface area contributed by atoms with E-state index in [1.54, 1.807) is 42.5 Å². The van der Waals surface area contributed by atoms with E-state index >= 15 is 0 Å². The third kappa shape index (κ3) is 4.83. The molecule has 2 aromatic heterocycles. The summed E-state index contributed by atoms with van der Waals surface area (Å²) >= 11 is 1.55. The van der Waals surface area contributed by atoms with Crippen LogP contribution in [0.4, 0.5) is 5.69 Å². The highest BCUT2D eigenvalue weighted by atomic mass is 32.1. The summed E-state index contributed by atoms with van der Waals surface area (Å²) in [5, 5.41) is 11.6. The van der Waals surface area contributed by atoms with Crippen LogP contribution in [0.3, 0.4) is 0 Å². The summed E-state index contributed by atoms with van der Waals surface area (Å²) in [6, 6.07) is 6.38. The molecule has 2 heterocycles. The SMILES string of the molecule is CCOC(=O)c1ccc(NC(=O)Cn2nnc3sc4c(c3c2=O)CC[C@H](C(C)(C)C)C4)cc1. The number of aromatic nitrogens is 3. The standard InChI is InChI=1S/C24H28N4O4S/c1-5-32-23(31)14-6-9-16(10-7-14)25-19(29)13-28-22(30)20-17-11-8-15(24(2,3)4)12-18(17)33-21(20)26-27-28/h6-7,9-10,15H,5,8,11-13H2,1-4H3,(H,25,29)/t15-/m0/s1. The van der Waals surface area contributed by atoms with Crippen LogP contribution in [0.1, 0.15) is 54.9 Å². The Labute approximate surface area is 196 Å². The molecule has 1 aliphatic rings. The fourth-order valence-electron chi connectivity index (χ4n) is 4.21. The molecule has 1 aliphatic carbocycles. The van der Waals surface area contributed by atoms with Gasteiger partial charge in [0.15, 0.2) is 4.83 Å². The second-order valence-corrected chi connectivity index (χ2v) is 10.5. The molecule has 0 saturated heterocycles. The second-order valence-electron chi connectivity index (χ2n) is 9.39. The van der Waals surface area contributed by atoms with Gasteiger partial charge in [0.05, 0.1) is 17.6 Å². The number of rotatable bonds is 5. The number of nitrogens with one attached hydrogen (secondary N) is 1. The van der Waals surface area contributed by atoms with Gasteiger partial charge >= 0.3 is 5.97 Å². The van der Waals surface area contributed by atoms with Crippen LogP contribution in [0.15, 0.2) is 29.1 Å². The predicted octanol–water partition coefficient (Wildman–Crippen LogP) is 3.82. The quantitative estimate of drug-likeness (QED) is 0.571. The number of benzene rings is 1. The number of fused-ring (bicyclic) bond motifs is 3. The Bertz CT molecular complexity index is 1250. The average Bonchev–Trinajstić information content (AvgIpc) is 3.14. The first-order chi connectivity index (χ1) is 15.7. The van der Waals surface area contributed by atoms with Crippen LogP contribution < -0.4 is 10.9 Å². The molecule has 0 spiro atoms. The first-order valence-electron chi connectivity index (χ1n) is 11.1. The van der Waals surface area contributed by atoms with Gasteiger partial charge in [-0.25, -0.2) is 9.48 Å². The van der Waals surface area contributed by atoms with Crippen molar-refractivity contribution in [1.82, 2.24) is 15.0 Å². The highest BCUT2D eigenvalue weighted by Crippen LogP contribution is 2.41. The van der Waals surface area contributed by atoms with E-state index < -0.39 is 11.9 Å². The molecule has 1 N–H and O–H groups in total. The van der Waals surface area contributed by atoms with Crippen molar-refractivity contribution in [1.29, 1.82) is 0 Å². The Morgan fingerprint density at radius 3 is 2.64 bits per heavy atom. The van der Waals surface area contributed by atoms with E-state index in [4.69, 9.17) is 4.74 Å². The molecule has 0 fully saturated rings. The molecule has 8 nitrogen and oxygen atoms in total. The van der Waals surface area contributed by atoms with Gasteiger partial charge < -0.3 is 10.1 Å². The van der Waals surface area contributed by atoms with Crippen LogP contribution in [-0.4, -0.2) is 33.5 Å². The number of nitrogens with zero attached hydrogens (tertiary/aromatic N) is 3. The summed E-state index contributed by atoms with van der Waals surface area (Å²) in [6.45, 7) is 8.56. The Kier molecular flexibility index (Phi) is 6.34. The van der Waals surface area contributed by atoms with E-state index in [-0.39, 0.29) is 17.5 Å². The Hall–Kier alpha value is -3.07. The maximum Gasteiger partial charge on any atom is 0.338 e. The average molecular weight is 469 g/mol. The molecule has 0 unspecified atom stereocenters. The van der Waals surface area contributed by atoms with E-state index in [9.17, 15) is 14.4 Å². The number of carbonyl (C=O) groups is 2. The van der Waals surface area contributed by atoms with Crippen LogP contribution in [0.5, 0.6) is 0 Å². The molecule has 1 aromatic carbocycles. The summed E-state index contributed by atoms with van der Waals surface area (Å²) in [4.78, 5) is 39.3. The maximum absolute atomic E-state index is 13.1. The molecule has 1 atom stereocenters. The van der Waals surface area contributed by atoms with Crippen molar-refractivity contribution in [2.45, 2.75) is 53.5 Å². The summed E-state index contributed by atoms with van der Waals surface area (Å²) in [5.41, 5.74) is 1.92. The van der Waals surface area contributed by atoms with Crippen molar-refractivity contribution >= 4 is 39.1 Å². The smallest absolute Gasteiger partial charge is 0.338 e. The third-order valence-corrected chi connectivity index (χ3v) is 7.28. The number of carbonyl (C=O) groups excluding carboxylic acids is 2. The van der Waals surface area contributed by atoms with Crippen LogP contribution >= 0.6 is 11.3 Å². The zero-order chi connectivity index (χ0) is 23.8.